The van der Waals surface area contributed by atoms with E-state index in [-0.39, 0.29) is 29.3 Å². The van der Waals surface area contributed by atoms with E-state index in [2.05, 4.69) is 34.0 Å². The van der Waals surface area contributed by atoms with Crippen molar-refractivity contribution in [2.24, 2.45) is 17.6 Å². The number of nitrogens with two attached hydrogens (primary N) is 2. The Bertz CT molecular complexity index is 1190. The van der Waals surface area contributed by atoms with Gasteiger partial charge in [-0.1, -0.05) is 13.8 Å². The van der Waals surface area contributed by atoms with Crippen molar-refractivity contribution < 1.29 is 14.3 Å². The Kier molecular flexibility index (Phi) is 5.46. The zero-order valence-corrected chi connectivity index (χ0v) is 18.9. The van der Waals surface area contributed by atoms with Crippen LogP contribution in [0.1, 0.15) is 48.5 Å². The predicted molar refractivity (Wildman–Crippen MR) is 127 cm³/mol. The SMILES string of the molecule is CC(C)c1cnc2c(C(=O)Nc3cnccc3N3C[C@@H](N)[C@H](O)[C@@H](C4CC4)C3)c(N)oc2c1. The van der Waals surface area contributed by atoms with Crippen molar-refractivity contribution >= 4 is 34.3 Å². The van der Waals surface area contributed by atoms with E-state index in [0.717, 1.165) is 24.1 Å². The molecule has 33 heavy (non-hydrogen) atoms. The van der Waals surface area contributed by atoms with E-state index in [4.69, 9.17) is 15.9 Å². The van der Waals surface area contributed by atoms with E-state index >= 15 is 0 Å². The quantitative estimate of drug-likeness (QED) is 0.464. The first-order valence-corrected chi connectivity index (χ1v) is 11.4. The molecule has 9 heteroatoms. The first-order chi connectivity index (χ1) is 15.8. The zero-order valence-electron chi connectivity index (χ0n) is 18.9. The summed E-state index contributed by atoms with van der Waals surface area (Å²) in [7, 11) is 0. The lowest BCUT2D eigenvalue weighted by molar-refractivity contribution is 0.0594. The van der Waals surface area contributed by atoms with Gasteiger partial charge in [-0.05, 0) is 42.4 Å². The highest BCUT2D eigenvalue weighted by Gasteiger charge is 2.43. The van der Waals surface area contributed by atoms with Gasteiger partial charge >= 0.3 is 0 Å². The first kappa shape index (κ1) is 21.7. The smallest absolute Gasteiger partial charge is 0.263 e. The molecule has 3 aromatic rings. The Morgan fingerprint density at radius 1 is 1.30 bits per heavy atom. The predicted octanol–water partition coefficient (Wildman–Crippen LogP) is 2.72. The Balaban J connectivity index is 1.43. The number of piperidine rings is 1. The van der Waals surface area contributed by atoms with E-state index in [1.165, 1.54) is 0 Å². The molecule has 1 saturated heterocycles. The van der Waals surface area contributed by atoms with Gasteiger partial charge in [-0.25, -0.2) is 0 Å². The highest BCUT2D eigenvalue weighted by molar-refractivity contribution is 6.15. The Morgan fingerprint density at radius 2 is 2.09 bits per heavy atom. The fraction of sp³-hybridized carbons (Fsp3) is 0.458. The van der Waals surface area contributed by atoms with E-state index in [1.807, 2.05) is 12.1 Å². The summed E-state index contributed by atoms with van der Waals surface area (Å²) in [5.41, 5.74) is 15.8. The van der Waals surface area contributed by atoms with E-state index in [0.29, 0.717) is 35.8 Å². The minimum Gasteiger partial charge on any atom is -0.438 e. The van der Waals surface area contributed by atoms with Gasteiger partial charge in [-0.15, -0.1) is 0 Å². The number of rotatable bonds is 5. The van der Waals surface area contributed by atoms with Crippen molar-refractivity contribution in [3.63, 3.8) is 0 Å². The first-order valence-electron chi connectivity index (χ1n) is 11.4. The number of aliphatic hydroxyl groups excluding tert-OH is 1. The molecule has 2 fully saturated rings. The molecule has 0 aromatic carbocycles. The molecule has 1 aliphatic heterocycles. The van der Waals surface area contributed by atoms with Crippen molar-refractivity contribution in [2.45, 2.75) is 44.8 Å². The van der Waals surface area contributed by atoms with Crippen LogP contribution in [0.2, 0.25) is 0 Å². The second kappa shape index (κ2) is 8.31. The highest BCUT2D eigenvalue weighted by Crippen LogP contribution is 2.42. The monoisotopic (exact) mass is 450 g/mol. The number of aromatic nitrogens is 2. The van der Waals surface area contributed by atoms with Crippen molar-refractivity contribution in [3.8, 4) is 0 Å². The Morgan fingerprint density at radius 3 is 2.82 bits per heavy atom. The number of pyridine rings is 2. The minimum absolute atomic E-state index is 0.0262. The van der Waals surface area contributed by atoms with Gasteiger partial charge in [0.05, 0.1) is 23.7 Å². The molecule has 0 spiro atoms. The van der Waals surface area contributed by atoms with Crippen LogP contribution in [0.4, 0.5) is 17.3 Å². The molecule has 3 aromatic heterocycles. The Hall–Kier alpha value is -3.17. The van der Waals surface area contributed by atoms with Crippen LogP contribution in [0, 0.1) is 11.8 Å². The lowest BCUT2D eigenvalue weighted by Gasteiger charge is -2.42. The number of hydrogen-bond acceptors (Lipinski definition) is 8. The third-order valence-electron chi connectivity index (χ3n) is 6.82. The van der Waals surface area contributed by atoms with Gasteiger partial charge in [0.25, 0.3) is 5.91 Å². The second-order valence-corrected chi connectivity index (χ2v) is 9.52. The van der Waals surface area contributed by atoms with Gasteiger partial charge in [0.1, 0.15) is 11.1 Å². The lowest BCUT2D eigenvalue weighted by Crippen LogP contribution is -2.57. The number of nitrogen functional groups attached to an aromatic ring is 1. The summed E-state index contributed by atoms with van der Waals surface area (Å²) in [6, 6.07) is 3.37. The number of nitrogens with one attached hydrogen (secondary N) is 1. The Labute approximate surface area is 192 Å². The average molecular weight is 451 g/mol. The van der Waals surface area contributed by atoms with Crippen molar-refractivity contribution in [2.75, 3.05) is 29.0 Å². The lowest BCUT2D eigenvalue weighted by atomic mass is 9.87. The normalized spacial score (nSPS) is 23.3. The summed E-state index contributed by atoms with van der Waals surface area (Å²) in [5, 5.41) is 13.5. The zero-order chi connectivity index (χ0) is 23.3. The van der Waals surface area contributed by atoms with Gasteiger partial charge in [0.2, 0.25) is 5.88 Å². The molecule has 1 saturated carbocycles. The third-order valence-corrected chi connectivity index (χ3v) is 6.82. The number of nitrogens with zero attached hydrogens (tertiary/aromatic N) is 3. The van der Waals surface area contributed by atoms with Crippen molar-refractivity contribution in [1.82, 2.24) is 9.97 Å². The van der Waals surface area contributed by atoms with Crippen molar-refractivity contribution in [3.05, 3.63) is 41.9 Å². The van der Waals surface area contributed by atoms with Crippen LogP contribution >= 0.6 is 0 Å². The number of amides is 1. The van der Waals surface area contributed by atoms with Gasteiger partial charge in [0.15, 0.2) is 5.58 Å². The van der Waals surface area contributed by atoms with Gasteiger partial charge in [0, 0.05) is 37.4 Å². The van der Waals surface area contributed by atoms with Crippen LogP contribution in [0.15, 0.2) is 35.1 Å². The van der Waals surface area contributed by atoms with Gasteiger partial charge < -0.3 is 31.2 Å². The molecule has 6 N–H and O–H groups in total. The standard InChI is InChI=1S/C24H30N6O3/c1-12(2)14-7-19-21(28-8-14)20(23(26)33-19)24(32)29-17-9-27-6-5-18(17)30-10-15(13-3-4-13)22(31)16(25)11-30/h5-9,12-13,15-16,22,31H,3-4,10-11,25-26H2,1-2H3,(H,29,32)/t15-,16-,22-/m1/s1. The highest BCUT2D eigenvalue weighted by atomic mass is 16.3. The second-order valence-electron chi connectivity index (χ2n) is 9.52. The maximum Gasteiger partial charge on any atom is 0.263 e. The number of anilines is 3. The molecule has 0 unspecified atom stereocenters. The average Bonchev–Trinajstić information content (AvgIpc) is 3.57. The maximum atomic E-state index is 13.3. The number of carbonyl (C=O) groups is 1. The van der Waals surface area contributed by atoms with Crippen LogP contribution in [-0.4, -0.2) is 46.2 Å². The molecule has 0 bridgehead atoms. The van der Waals surface area contributed by atoms with Gasteiger partial charge in [-0.2, -0.15) is 0 Å². The molecule has 0 radical (unpaired) electrons. The van der Waals surface area contributed by atoms with E-state index < -0.39 is 12.0 Å². The maximum absolute atomic E-state index is 13.3. The minimum atomic E-state index is -0.507. The number of carbonyl (C=O) groups excluding carboxylic acids is 1. The van der Waals surface area contributed by atoms with Crippen LogP contribution in [-0.2, 0) is 0 Å². The topological polar surface area (TPSA) is 144 Å². The molecule has 1 aliphatic carbocycles. The molecule has 174 valence electrons. The summed E-state index contributed by atoms with van der Waals surface area (Å²) < 4.78 is 5.65. The number of furan rings is 1. The molecule has 4 heterocycles. The molecule has 3 atom stereocenters. The van der Waals surface area contributed by atoms with Crippen LogP contribution in [0.25, 0.3) is 11.1 Å². The fourth-order valence-electron chi connectivity index (χ4n) is 4.76. The molecule has 9 nitrogen and oxygen atoms in total. The van der Waals surface area contributed by atoms with Crippen LogP contribution in [0.3, 0.4) is 0 Å². The van der Waals surface area contributed by atoms with Crippen LogP contribution in [0.5, 0.6) is 0 Å². The van der Waals surface area contributed by atoms with E-state index in [1.54, 1.807) is 18.6 Å². The summed E-state index contributed by atoms with van der Waals surface area (Å²) in [4.78, 5) is 24.0. The molecule has 2 aliphatic rings. The molecular formula is C24H30N6O3. The molecular weight excluding hydrogens is 420 g/mol. The summed E-state index contributed by atoms with van der Waals surface area (Å²) >= 11 is 0. The van der Waals surface area contributed by atoms with E-state index in [9.17, 15) is 9.90 Å². The third kappa shape index (κ3) is 4.02. The molecule has 5 rings (SSSR count). The van der Waals surface area contributed by atoms with Gasteiger partial charge in [-0.3, -0.25) is 14.8 Å². The summed E-state index contributed by atoms with van der Waals surface area (Å²) in [6.45, 7) is 5.30. The summed E-state index contributed by atoms with van der Waals surface area (Å²) in [6.07, 6.45) is 6.78. The number of hydrogen-bond donors (Lipinski definition) is 4. The molecule has 1 amide bonds. The van der Waals surface area contributed by atoms with Crippen LogP contribution < -0.4 is 21.7 Å². The largest absolute Gasteiger partial charge is 0.438 e. The fourth-order valence-corrected chi connectivity index (χ4v) is 4.76. The number of aliphatic hydroxyl groups is 1. The number of fused-ring (bicyclic) bond motifs is 1. The summed E-state index contributed by atoms with van der Waals surface area (Å²) in [5.74, 6) is 0.520. The van der Waals surface area contributed by atoms with Crippen molar-refractivity contribution in [1.29, 1.82) is 0 Å².